The highest BCUT2D eigenvalue weighted by Gasteiger charge is 2.08. The Morgan fingerprint density at radius 2 is 1.50 bits per heavy atom. The molecule has 0 bridgehead atoms. The molecule has 0 aliphatic heterocycles. The maximum atomic E-state index is 2.43. The molecule has 0 spiro atoms. The lowest BCUT2D eigenvalue weighted by Gasteiger charge is -2.12. The fraction of sp³-hybridized carbons (Fsp3) is 0.200. The van der Waals surface area contributed by atoms with Crippen molar-refractivity contribution < 1.29 is 0 Å². The minimum absolute atomic E-state index is 0.815. The highest BCUT2D eigenvalue weighted by molar-refractivity contribution is 6.71. The lowest BCUT2D eigenvalue weighted by Crippen LogP contribution is -2.29. The zero-order chi connectivity index (χ0) is 11.4. The average molecular weight is 226 g/mol. The first-order valence-corrected chi connectivity index (χ1v) is 8.41. The quantitative estimate of drug-likeness (QED) is 0.706. The van der Waals surface area contributed by atoms with Gasteiger partial charge in [-0.25, -0.2) is 0 Å². The van der Waals surface area contributed by atoms with Crippen molar-refractivity contribution in [2.75, 3.05) is 0 Å². The summed E-state index contributed by atoms with van der Waals surface area (Å²) in [6.45, 7) is 4.64. The average Bonchev–Trinajstić information content (AvgIpc) is 2.33. The van der Waals surface area contributed by atoms with Crippen molar-refractivity contribution in [1.29, 1.82) is 0 Å². The summed E-state index contributed by atoms with van der Waals surface area (Å²) < 4.78 is 0. The summed E-state index contributed by atoms with van der Waals surface area (Å²) >= 11 is 0. The van der Waals surface area contributed by atoms with Crippen molar-refractivity contribution in [3.05, 3.63) is 65.7 Å². The summed E-state index contributed by atoms with van der Waals surface area (Å²) in [7, 11) is -0.815. The van der Waals surface area contributed by atoms with Crippen molar-refractivity contribution in [3.63, 3.8) is 0 Å². The maximum Gasteiger partial charge on any atom is 0.0720 e. The Kier molecular flexibility index (Phi) is 3.57. The minimum atomic E-state index is -0.815. The van der Waals surface area contributed by atoms with Crippen LogP contribution in [0.5, 0.6) is 0 Å². The van der Waals surface area contributed by atoms with Crippen LogP contribution in [0.25, 0.3) is 0 Å². The molecule has 0 nitrogen and oxygen atoms in total. The van der Waals surface area contributed by atoms with Gasteiger partial charge >= 0.3 is 0 Å². The molecule has 0 aliphatic carbocycles. The van der Waals surface area contributed by atoms with Gasteiger partial charge in [-0.1, -0.05) is 66.3 Å². The molecule has 0 saturated carbocycles. The zero-order valence-corrected chi connectivity index (χ0v) is 11.1. The van der Waals surface area contributed by atoms with Crippen LogP contribution < -0.4 is 5.19 Å². The summed E-state index contributed by atoms with van der Waals surface area (Å²) in [6.07, 6.45) is 0. The van der Waals surface area contributed by atoms with Gasteiger partial charge in [0.15, 0.2) is 0 Å². The van der Waals surface area contributed by atoms with Gasteiger partial charge in [0.25, 0.3) is 0 Å². The molecule has 0 N–H and O–H groups in total. The van der Waals surface area contributed by atoms with Crippen LogP contribution in [-0.2, 0) is 6.04 Å². The predicted molar refractivity (Wildman–Crippen MR) is 74.0 cm³/mol. The summed E-state index contributed by atoms with van der Waals surface area (Å²) in [5, 5.41) is 1.56. The van der Waals surface area contributed by atoms with Gasteiger partial charge in [0.05, 0.1) is 8.80 Å². The largest absolute Gasteiger partial charge is 0.0720 e. The Balaban J connectivity index is 2.14. The van der Waals surface area contributed by atoms with Gasteiger partial charge in [0.1, 0.15) is 0 Å². The molecule has 0 fully saturated rings. The van der Waals surface area contributed by atoms with Crippen molar-refractivity contribution in [2.24, 2.45) is 0 Å². The molecule has 1 unspecified atom stereocenters. The number of hydrogen-bond acceptors (Lipinski definition) is 0. The van der Waals surface area contributed by atoms with E-state index >= 15 is 0 Å². The summed E-state index contributed by atoms with van der Waals surface area (Å²) in [5.41, 5.74) is 2.95. The smallest absolute Gasteiger partial charge is 0.0678 e. The zero-order valence-electron chi connectivity index (χ0n) is 9.98. The Labute approximate surface area is 99.6 Å². The second kappa shape index (κ2) is 5.13. The fourth-order valence-corrected chi connectivity index (χ4v) is 4.30. The van der Waals surface area contributed by atoms with E-state index in [4.69, 9.17) is 0 Å². The summed E-state index contributed by atoms with van der Waals surface area (Å²) in [6, 6.07) is 20.9. The van der Waals surface area contributed by atoms with Gasteiger partial charge in [-0.05, 0) is 24.1 Å². The van der Waals surface area contributed by atoms with E-state index in [1.54, 1.807) is 5.19 Å². The second-order valence-corrected chi connectivity index (χ2v) is 7.32. The van der Waals surface area contributed by atoms with Crippen molar-refractivity contribution in [3.8, 4) is 0 Å². The Bertz CT molecular complexity index is 448. The lowest BCUT2D eigenvalue weighted by atomic mass is 10.1. The summed E-state index contributed by atoms with van der Waals surface area (Å²) in [5.74, 6) is 0. The van der Waals surface area contributed by atoms with E-state index in [1.807, 2.05) is 0 Å². The van der Waals surface area contributed by atoms with Crippen molar-refractivity contribution >= 4 is 14.0 Å². The maximum absolute atomic E-state index is 2.43. The molecule has 0 saturated heterocycles. The van der Waals surface area contributed by atoms with Gasteiger partial charge in [0.2, 0.25) is 0 Å². The Morgan fingerprint density at radius 1 is 0.875 bits per heavy atom. The van der Waals surface area contributed by atoms with E-state index in [2.05, 4.69) is 68.1 Å². The van der Waals surface area contributed by atoms with Crippen LogP contribution in [-0.4, -0.2) is 8.80 Å². The molecule has 2 rings (SSSR count). The third-order valence-corrected chi connectivity index (χ3v) is 5.73. The van der Waals surface area contributed by atoms with E-state index < -0.39 is 8.80 Å². The van der Waals surface area contributed by atoms with E-state index in [0.717, 1.165) is 0 Å². The monoisotopic (exact) mass is 226 g/mol. The van der Waals surface area contributed by atoms with E-state index in [1.165, 1.54) is 17.2 Å². The van der Waals surface area contributed by atoms with Crippen LogP contribution >= 0.6 is 0 Å². The van der Waals surface area contributed by atoms with Crippen LogP contribution in [0.15, 0.2) is 54.6 Å². The fourth-order valence-electron chi connectivity index (χ4n) is 2.07. The molecule has 2 aromatic rings. The normalized spacial score (nSPS) is 12.4. The van der Waals surface area contributed by atoms with Gasteiger partial charge < -0.3 is 0 Å². The van der Waals surface area contributed by atoms with Crippen molar-refractivity contribution in [1.82, 2.24) is 0 Å². The standard InChI is InChI=1S/C15H18Si/c1-13-8-6-7-9-14(13)12-16(2)15-10-4-3-5-11-15/h3-11,16H,12H2,1-2H3. The topological polar surface area (TPSA) is 0 Å². The van der Waals surface area contributed by atoms with Gasteiger partial charge in [0, 0.05) is 0 Å². The molecule has 1 atom stereocenters. The van der Waals surface area contributed by atoms with Crippen LogP contribution in [0, 0.1) is 6.92 Å². The van der Waals surface area contributed by atoms with Crippen LogP contribution in [0.1, 0.15) is 11.1 Å². The van der Waals surface area contributed by atoms with E-state index in [0.29, 0.717) is 0 Å². The van der Waals surface area contributed by atoms with Gasteiger partial charge in [-0.3, -0.25) is 0 Å². The first kappa shape index (κ1) is 11.2. The molecule has 16 heavy (non-hydrogen) atoms. The number of aryl methyl sites for hydroxylation is 1. The Hall–Kier alpha value is -1.34. The molecule has 0 amide bonds. The van der Waals surface area contributed by atoms with E-state index in [9.17, 15) is 0 Å². The molecule has 2 aromatic carbocycles. The molecular weight excluding hydrogens is 208 g/mol. The van der Waals surface area contributed by atoms with Gasteiger partial charge in [-0.2, -0.15) is 0 Å². The SMILES string of the molecule is Cc1ccccc1C[SiH](C)c1ccccc1. The van der Waals surface area contributed by atoms with Crippen LogP contribution in [0.3, 0.4) is 0 Å². The number of rotatable bonds is 3. The first-order chi connectivity index (χ1) is 7.77. The Morgan fingerprint density at radius 3 is 2.19 bits per heavy atom. The first-order valence-electron chi connectivity index (χ1n) is 5.87. The predicted octanol–water partition coefficient (Wildman–Crippen LogP) is 2.84. The molecule has 82 valence electrons. The van der Waals surface area contributed by atoms with E-state index in [-0.39, 0.29) is 0 Å². The third-order valence-electron chi connectivity index (χ3n) is 3.16. The van der Waals surface area contributed by atoms with Crippen LogP contribution in [0.2, 0.25) is 6.55 Å². The minimum Gasteiger partial charge on any atom is -0.0678 e. The van der Waals surface area contributed by atoms with Crippen molar-refractivity contribution in [2.45, 2.75) is 19.5 Å². The number of hydrogen-bond donors (Lipinski definition) is 0. The van der Waals surface area contributed by atoms with Gasteiger partial charge in [-0.15, -0.1) is 0 Å². The lowest BCUT2D eigenvalue weighted by molar-refractivity contribution is 1.28. The highest BCUT2D eigenvalue weighted by atomic mass is 28.3. The third kappa shape index (κ3) is 2.61. The number of benzene rings is 2. The molecule has 0 heterocycles. The molecule has 0 radical (unpaired) electrons. The highest BCUT2D eigenvalue weighted by Crippen LogP contribution is 2.09. The van der Waals surface area contributed by atoms with Crippen LogP contribution in [0.4, 0.5) is 0 Å². The molecular formula is C15H18Si. The molecule has 1 heteroatoms. The molecule has 0 aromatic heterocycles. The molecule has 0 aliphatic rings. The summed E-state index contributed by atoms with van der Waals surface area (Å²) in [4.78, 5) is 0. The second-order valence-electron chi connectivity index (χ2n) is 4.44.